The molecule has 2 aliphatic rings. The molecule has 9 heteroatoms. The number of nitrogens with one attached hydrogen (secondary N) is 1. The Labute approximate surface area is 252 Å². The molecule has 42 heavy (non-hydrogen) atoms. The Morgan fingerprint density at radius 2 is 1.67 bits per heavy atom. The van der Waals surface area contributed by atoms with Gasteiger partial charge in [0.05, 0.1) is 17.9 Å². The Morgan fingerprint density at radius 1 is 1.02 bits per heavy atom. The van der Waals surface area contributed by atoms with Crippen molar-refractivity contribution in [2.75, 3.05) is 11.6 Å². The van der Waals surface area contributed by atoms with Crippen molar-refractivity contribution in [1.82, 2.24) is 10.2 Å². The van der Waals surface area contributed by atoms with Crippen molar-refractivity contribution >= 4 is 21.7 Å². The number of hydrogen-bond donors (Lipinski definition) is 3. The molecule has 2 saturated carbocycles. The molecule has 1 aromatic rings. The second-order valence-electron chi connectivity index (χ2n) is 12.8. The van der Waals surface area contributed by atoms with Crippen LogP contribution in [0.4, 0.5) is 0 Å². The van der Waals surface area contributed by atoms with Crippen LogP contribution in [0.5, 0.6) is 0 Å². The lowest BCUT2D eigenvalue weighted by Crippen LogP contribution is -2.57. The highest BCUT2D eigenvalue weighted by molar-refractivity contribution is 7.91. The van der Waals surface area contributed by atoms with E-state index in [4.69, 9.17) is 6.42 Å². The van der Waals surface area contributed by atoms with E-state index >= 15 is 0 Å². The number of carbonyl (C=O) groups is 2. The van der Waals surface area contributed by atoms with Gasteiger partial charge in [-0.1, -0.05) is 89.1 Å². The van der Waals surface area contributed by atoms with Crippen LogP contribution in [0.15, 0.2) is 30.3 Å². The van der Waals surface area contributed by atoms with Gasteiger partial charge >= 0.3 is 0 Å². The largest absolute Gasteiger partial charge is 0.389 e. The zero-order chi connectivity index (χ0) is 30.7. The van der Waals surface area contributed by atoms with Gasteiger partial charge in [0.25, 0.3) is 0 Å². The first-order valence-corrected chi connectivity index (χ1v) is 17.4. The van der Waals surface area contributed by atoms with Crippen LogP contribution in [0, 0.1) is 30.1 Å². The zero-order valence-corrected chi connectivity index (χ0v) is 26.1. The highest BCUT2D eigenvalue weighted by atomic mass is 32.2. The monoisotopic (exact) mass is 602 g/mol. The molecule has 0 aromatic heterocycles. The molecule has 2 fully saturated rings. The molecule has 2 amide bonds. The number of aryl methyl sites for hydroxylation is 1. The van der Waals surface area contributed by atoms with Gasteiger partial charge in [-0.15, -0.1) is 12.3 Å². The molecule has 8 nitrogen and oxygen atoms in total. The molecular weight excluding hydrogens is 552 g/mol. The van der Waals surface area contributed by atoms with Gasteiger partial charge in [0, 0.05) is 12.8 Å². The van der Waals surface area contributed by atoms with Crippen molar-refractivity contribution in [3.8, 4) is 12.3 Å². The predicted octanol–water partition coefficient (Wildman–Crippen LogP) is 3.85. The Bertz CT molecular complexity index is 1140. The van der Waals surface area contributed by atoms with Crippen LogP contribution in [-0.2, 0) is 25.8 Å². The van der Waals surface area contributed by atoms with E-state index < -0.39 is 45.9 Å². The van der Waals surface area contributed by atoms with Crippen molar-refractivity contribution in [2.45, 2.75) is 115 Å². The van der Waals surface area contributed by atoms with E-state index in [2.05, 4.69) is 11.2 Å². The number of benzene rings is 1. The summed E-state index contributed by atoms with van der Waals surface area (Å²) in [6.07, 6.45) is 11.3. The van der Waals surface area contributed by atoms with Crippen LogP contribution in [0.3, 0.4) is 0 Å². The lowest BCUT2D eigenvalue weighted by atomic mass is 9.82. The fourth-order valence-corrected chi connectivity index (χ4v) is 7.92. The van der Waals surface area contributed by atoms with Gasteiger partial charge in [-0.25, -0.2) is 8.42 Å². The van der Waals surface area contributed by atoms with Crippen LogP contribution in [0.2, 0.25) is 0 Å². The Balaban J connectivity index is 1.87. The summed E-state index contributed by atoms with van der Waals surface area (Å²) in [5.41, 5.74) is 0.956. The maximum absolute atomic E-state index is 14.0. The topological polar surface area (TPSA) is 124 Å². The lowest BCUT2D eigenvalue weighted by Gasteiger charge is -2.35. The molecule has 0 radical (unpaired) electrons. The number of carbonyl (C=O) groups excluding carboxylic acids is 2. The number of sulfone groups is 1. The fraction of sp³-hybridized carbons (Fsp3) is 0.697. The zero-order valence-electron chi connectivity index (χ0n) is 25.3. The molecule has 0 unspecified atom stereocenters. The van der Waals surface area contributed by atoms with E-state index in [0.717, 1.165) is 50.5 Å². The lowest BCUT2D eigenvalue weighted by molar-refractivity contribution is -0.141. The van der Waals surface area contributed by atoms with E-state index in [-0.39, 0.29) is 42.3 Å². The molecule has 2 aliphatic carbocycles. The van der Waals surface area contributed by atoms with Crippen LogP contribution >= 0.6 is 0 Å². The molecule has 0 bridgehead atoms. The minimum atomic E-state index is -3.68. The molecule has 4 atom stereocenters. The van der Waals surface area contributed by atoms with Gasteiger partial charge in [-0.2, -0.15) is 0 Å². The third-order valence-electron chi connectivity index (χ3n) is 8.42. The van der Waals surface area contributed by atoms with E-state index in [0.29, 0.717) is 19.3 Å². The molecule has 234 valence electrons. The number of aliphatic hydroxyl groups excluding tert-OH is 2. The fourth-order valence-electron chi connectivity index (χ4n) is 6.05. The first-order chi connectivity index (χ1) is 20.0. The second-order valence-corrected chi connectivity index (χ2v) is 14.9. The van der Waals surface area contributed by atoms with E-state index in [1.807, 2.05) is 44.2 Å². The number of amides is 2. The maximum Gasteiger partial charge on any atom is 0.243 e. The average Bonchev–Trinajstić information content (AvgIpc) is 3.77. The third-order valence-corrected chi connectivity index (χ3v) is 10.3. The van der Waals surface area contributed by atoms with Gasteiger partial charge in [-0.05, 0) is 42.6 Å². The van der Waals surface area contributed by atoms with Gasteiger partial charge in [0.2, 0.25) is 11.8 Å². The SMILES string of the molecule is C#CC[C@H](O)[C@H](O)[C@@H](CC1CCCCC1)NC(=O)[C@@H](CC1CC1)N(CS(=O)(=O)CC(C)C)C(=O)CCc1ccccc1. The van der Waals surface area contributed by atoms with Gasteiger partial charge in [0.15, 0.2) is 9.84 Å². The summed E-state index contributed by atoms with van der Waals surface area (Å²) in [5.74, 6) is 1.28. The van der Waals surface area contributed by atoms with Gasteiger partial charge in [0.1, 0.15) is 18.0 Å². The Hall–Kier alpha value is -2.41. The quantitative estimate of drug-likeness (QED) is 0.233. The summed E-state index contributed by atoms with van der Waals surface area (Å²) < 4.78 is 26.4. The molecular formula is C33H50N2O6S. The molecule has 0 aliphatic heterocycles. The molecule has 1 aromatic carbocycles. The molecule has 3 N–H and O–H groups in total. The maximum atomic E-state index is 14.0. The van der Waals surface area contributed by atoms with Crippen LogP contribution in [0.25, 0.3) is 0 Å². The van der Waals surface area contributed by atoms with Crippen molar-refractivity contribution in [1.29, 1.82) is 0 Å². The van der Waals surface area contributed by atoms with Gasteiger partial charge < -0.3 is 20.4 Å². The third kappa shape index (κ3) is 11.3. The highest BCUT2D eigenvalue weighted by Gasteiger charge is 2.39. The molecule has 3 rings (SSSR count). The average molecular weight is 603 g/mol. The summed E-state index contributed by atoms with van der Waals surface area (Å²) in [6.45, 7) is 3.62. The molecule has 0 saturated heterocycles. The second kappa shape index (κ2) is 16.4. The number of aliphatic hydroxyl groups is 2. The van der Waals surface area contributed by atoms with Crippen LogP contribution in [0.1, 0.15) is 90.0 Å². The normalized spacial score (nSPS) is 19.0. The van der Waals surface area contributed by atoms with Gasteiger partial charge in [-0.3, -0.25) is 9.59 Å². The summed E-state index contributed by atoms with van der Waals surface area (Å²) in [4.78, 5) is 29.0. The summed E-state index contributed by atoms with van der Waals surface area (Å²) in [6, 6.07) is 7.75. The smallest absolute Gasteiger partial charge is 0.243 e. The first kappa shape index (κ1) is 34.1. The summed E-state index contributed by atoms with van der Waals surface area (Å²) in [7, 11) is -3.68. The van der Waals surface area contributed by atoms with Crippen LogP contribution in [-0.4, -0.2) is 71.3 Å². The van der Waals surface area contributed by atoms with Crippen LogP contribution < -0.4 is 5.32 Å². The minimum absolute atomic E-state index is 0.0543. The highest BCUT2D eigenvalue weighted by Crippen LogP contribution is 2.35. The number of nitrogens with zero attached hydrogens (tertiary/aromatic N) is 1. The number of hydrogen-bond acceptors (Lipinski definition) is 6. The Kier molecular flexibility index (Phi) is 13.3. The standard InChI is InChI=1S/C33H50N2O6S/c1-4-11-30(36)32(38)28(20-26-14-9-6-10-15-26)34-33(39)29(21-27-16-17-27)35(23-42(40,41)22-24(2)3)31(37)19-18-25-12-7-5-8-13-25/h1,5,7-8,12-13,24,26-30,32,36,38H,6,9-11,14-23H2,2-3H3,(H,34,39)/t28-,29-,30+,32-/m1/s1. The van der Waals surface area contributed by atoms with Crippen molar-refractivity contribution in [2.24, 2.45) is 17.8 Å². The van der Waals surface area contributed by atoms with Crippen molar-refractivity contribution < 1.29 is 28.2 Å². The Morgan fingerprint density at radius 3 is 2.26 bits per heavy atom. The number of rotatable bonds is 17. The first-order valence-electron chi connectivity index (χ1n) is 15.6. The predicted molar refractivity (Wildman–Crippen MR) is 165 cm³/mol. The number of terminal acetylenes is 1. The van der Waals surface area contributed by atoms with Crippen molar-refractivity contribution in [3.63, 3.8) is 0 Å². The molecule has 0 spiro atoms. The van der Waals surface area contributed by atoms with E-state index in [9.17, 15) is 28.2 Å². The van der Waals surface area contributed by atoms with Crippen molar-refractivity contribution in [3.05, 3.63) is 35.9 Å². The van der Waals surface area contributed by atoms with E-state index in [1.54, 1.807) is 0 Å². The van der Waals surface area contributed by atoms with E-state index in [1.165, 1.54) is 4.90 Å². The minimum Gasteiger partial charge on any atom is -0.389 e. The summed E-state index contributed by atoms with van der Waals surface area (Å²) in [5, 5.41) is 24.6. The summed E-state index contributed by atoms with van der Waals surface area (Å²) >= 11 is 0. The molecule has 0 heterocycles.